The van der Waals surface area contributed by atoms with E-state index in [0.717, 1.165) is 27.4 Å². The highest BCUT2D eigenvalue weighted by Gasteiger charge is 2.42. The first-order valence-electron chi connectivity index (χ1n) is 11.3. The predicted molar refractivity (Wildman–Crippen MR) is 131 cm³/mol. The molecular weight excluding hydrogens is 434 g/mol. The summed E-state index contributed by atoms with van der Waals surface area (Å²) in [5, 5.41) is 15.3. The van der Waals surface area contributed by atoms with Crippen molar-refractivity contribution in [3.05, 3.63) is 52.9 Å². The number of nitrogens with one attached hydrogen (secondary N) is 1. The largest absolute Gasteiger partial charge is 0.383 e. The fraction of sp³-hybridized carbons (Fsp3) is 0.440. The number of benzene rings is 1. The van der Waals surface area contributed by atoms with Gasteiger partial charge in [0, 0.05) is 29.7 Å². The number of anilines is 2. The summed E-state index contributed by atoms with van der Waals surface area (Å²) in [6.07, 6.45) is 5.14. The highest BCUT2D eigenvalue weighted by atomic mass is 32.1. The Morgan fingerprint density at radius 2 is 2.09 bits per heavy atom. The Balaban J connectivity index is 1.57. The molecule has 1 saturated carbocycles. The third-order valence-corrected chi connectivity index (χ3v) is 7.61. The molecule has 1 amide bonds. The molecule has 0 aliphatic heterocycles. The molecule has 2 heterocycles. The molecule has 174 valence electrons. The van der Waals surface area contributed by atoms with Crippen LogP contribution >= 0.6 is 11.3 Å². The number of carbonyl (C=O) groups excluding carboxylic acids is 1. The van der Waals surface area contributed by atoms with Crippen LogP contribution in [0, 0.1) is 18.8 Å². The molecule has 0 bridgehead atoms. The van der Waals surface area contributed by atoms with Crippen molar-refractivity contribution in [1.82, 2.24) is 15.0 Å². The number of thiazole rings is 1. The first-order valence-corrected chi connectivity index (χ1v) is 12.2. The van der Waals surface area contributed by atoms with E-state index in [2.05, 4.69) is 46.2 Å². The number of aryl methyl sites for hydroxylation is 1. The second-order valence-electron chi connectivity index (χ2n) is 9.46. The zero-order valence-corrected chi connectivity index (χ0v) is 20.3. The van der Waals surface area contributed by atoms with E-state index in [-0.39, 0.29) is 17.7 Å². The molecule has 4 rings (SSSR count). The van der Waals surface area contributed by atoms with Gasteiger partial charge in [-0.05, 0) is 67.3 Å². The van der Waals surface area contributed by atoms with Crippen LogP contribution in [0.15, 0.2) is 36.7 Å². The van der Waals surface area contributed by atoms with Crippen molar-refractivity contribution in [1.29, 1.82) is 0 Å². The number of aliphatic hydroxyl groups is 1. The molecular formula is C25H31N5O2S. The summed E-state index contributed by atoms with van der Waals surface area (Å²) in [6, 6.07) is 8.13. The third kappa shape index (κ3) is 5.07. The van der Waals surface area contributed by atoms with Gasteiger partial charge in [-0.1, -0.05) is 26.8 Å². The van der Waals surface area contributed by atoms with Gasteiger partial charge in [0.05, 0.1) is 4.88 Å². The number of nitrogens with two attached hydrogens (primary N) is 1. The monoisotopic (exact) mass is 465 g/mol. The number of primary amides is 1. The lowest BCUT2D eigenvalue weighted by molar-refractivity contribution is -0.127. The van der Waals surface area contributed by atoms with Crippen molar-refractivity contribution in [2.75, 3.05) is 5.32 Å². The van der Waals surface area contributed by atoms with Crippen LogP contribution in [-0.2, 0) is 10.4 Å². The molecule has 1 aliphatic rings. The Labute approximate surface area is 198 Å². The van der Waals surface area contributed by atoms with Gasteiger partial charge < -0.3 is 16.2 Å². The molecule has 0 spiro atoms. The van der Waals surface area contributed by atoms with Crippen LogP contribution in [0.4, 0.5) is 11.6 Å². The predicted octanol–water partition coefficient (Wildman–Crippen LogP) is 4.88. The van der Waals surface area contributed by atoms with E-state index in [9.17, 15) is 9.90 Å². The van der Waals surface area contributed by atoms with E-state index in [1.54, 1.807) is 6.20 Å². The fourth-order valence-corrected chi connectivity index (χ4v) is 5.61. The van der Waals surface area contributed by atoms with Crippen LogP contribution in [0.25, 0.3) is 10.4 Å². The minimum atomic E-state index is -1.02. The summed E-state index contributed by atoms with van der Waals surface area (Å²) in [7, 11) is 0. The molecule has 7 nitrogen and oxygen atoms in total. The Morgan fingerprint density at radius 1 is 1.30 bits per heavy atom. The van der Waals surface area contributed by atoms with Crippen molar-refractivity contribution in [3.63, 3.8) is 0 Å². The second kappa shape index (κ2) is 9.19. The van der Waals surface area contributed by atoms with Gasteiger partial charge in [-0.15, -0.1) is 11.3 Å². The fourth-order valence-electron chi connectivity index (χ4n) is 4.58. The van der Waals surface area contributed by atoms with Gasteiger partial charge in [0.1, 0.15) is 10.6 Å². The molecule has 3 aromatic rings. The van der Waals surface area contributed by atoms with E-state index in [1.807, 2.05) is 32.2 Å². The van der Waals surface area contributed by atoms with Crippen LogP contribution in [0.2, 0.25) is 0 Å². The average Bonchev–Trinajstić information content (AvgIpc) is 3.24. The molecule has 2 aromatic heterocycles. The molecule has 8 heteroatoms. The van der Waals surface area contributed by atoms with Gasteiger partial charge in [-0.25, -0.2) is 15.0 Å². The summed E-state index contributed by atoms with van der Waals surface area (Å²) in [5.41, 5.74) is 8.50. The zero-order valence-electron chi connectivity index (χ0n) is 19.5. The van der Waals surface area contributed by atoms with Gasteiger partial charge in [-0.2, -0.15) is 0 Å². The van der Waals surface area contributed by atoms with Crippen molar-refractivity contribution in [3.8, 4) is 10.4 Å². The first-order chi connectivity index (χ1) is 15.6. The lowest BCUT2D eigenvalue weighted by Crippen LogP contribution is -2.40. The van der Waals surface area contributed by atoms with E-state index in [4.69, 9.17) is 5.73 Å². The Bertz CT molecular complexity index is 1160. The molecule has 33 heavy (non-hydrogen) atoms. The number of carbonyl (C=O) groups is 1. The van der Waals surface area contributed by atoms with Gasteiger partial charge in [0.15, 0.2) is 0 Å². The summed E-state index contributed by atoms with van der Waals surface area (Å²) in [5.74, 6) is 0.435. The quantitative estimate of drug-likeness (QED) is 0.478. The molecule has 1 aromatic carbocycles. The summed E-state index contributed by atoms with van der Waals surface area (Å²) in [6.45, 7) is 8.23. The zero-order chi connectivity index (χ0) is 23.8. The van der Waals surface area contributed by atoms with E-state index in [0.29, 0.717) is 36.1 Å². The Morgan fingerprint density at radius 3 is 2.79 bits per heavy atom. The van der Waals surface area contributed by atoms with Crippen molar-refractivity contribution in [2.24, 2.45) is 17.6 Å². The highest BCUT2D eigenvalue weighted by molar-refractivity contribution is 7.15. The van der Waals surface area contributed by atoms with Gasteiger partial charge in [-0.3, -0.25) is 4.79 Å². The Hall–Kier alpha value is -2.84. The summed E-state index contributed by atoms with van der Waals surface area (Å²) in [4.78, 5) is 26.2. The molecule has 3 unspecified atom stereocenters. The number of amides is 1. The highest BCUT2D eigenvalue weighted by Crippen LogP contribution is 2.45. The molecule has 0 radical (unpaired) electrons. The number of hydrogen-bond acceptors (Lipinski definition) is 7. The van der Waals surface area contributed by atoms with Crippen LogP contribution in [-0.4, -0.2) is 26.0 Å². The van der Waals surface area contributed by atoms with Crippen LogP contribution in [0.5, 0.6) is 0 Å². The summed E-state index contributed by atoms with van der Waals surface area (Å²) >= 11 is 1.50. The lowest BCUT2D eigenvalue weighted by Gasteiger charge is -2.37. The third-order valence-electron chi connectivity index (χ3n) is 6.37. The van der Waals surface area contributed by atoms with Gasteiger partial charge in [0.25, 0.3) is 0 Å². The molecule has 4 N–H and O–H groups in total. The van der Waals surface area contributed by atoms with E-state index in [1.165, 1.54) is 11.3 Å². The molecule has 0 saturated heterocycles. The minimum Gasteiger partial charge on any atom is -0.383 e. The van der Waals surface area contributed by atoms with E-state index < -0.39 is 5.60 Å². The minimum absolute atomic E-state index is 0.0185. The van der Waals surface area contributed by atoms with Gasteiger partial charge in [0.2, 0.25) is 11.9 Å². The molecule has 1 fully saturated rings. The maximum atomic E-state index is 11.7. The Kier molecular flexibility index (Phi) is 6.50. The lowest BCUT2D eigenvalue weighted by atomic mass is 9.72. The smallest absolute Gasteiger partial charge is 0.227 e. The van der Waals surface area contributed by atoms with Crippen LogP contribution < -0.4 is 11.1 Å². The average molecular weight is 466 g/mol. The maximum absolute atomic E-state index is 11.7. The number of hydrogen-bond donors (Lipinski definition) is 3. The SMILES string of the molecule is Cc1cc(Nc2nccc(C(C)C)n2)cc(-c2cnc(C3(O)CCC(C(N)=O)C(C)C3)s2)c1. The topological polar surface area (TPSA) is 114 Å². The van der Waals surface area contributed by atoms with Gasteiger partial charge >= 0.3 is 0 Å². The molecule has 1 aliphatic carbocycles. The number of nitrogens with zero attached hydrogens (tertiary/aromatic N) is 3. The maximum Gasteiger partial charge on any atom is 0.227 e. The van der Waals surface area contributed by atoms with Crippen molar-refractivity contribution < 1.29 is 9.90 Å². The number of aromatic nitrogens is 3. The number of rotatable bonds is 6. The normalized spacial score (nSPS) is 23.0. The van der Waals surface area contributed by atoms with Crippen molar-refractivity contribution in [2.45, 2.75) is 58.5 Å². The standard InChI is InChI=1S/C25H31N5O2S/c1-14(2)20-6-8-27-24(30-20)29-18-10-15(3)9-17(11-18)21-13-28-23(33-21)25(32)7-5-19(22(26)31)16(4)12-25/h6,8-11,13-14,16,19,32H,5,7,12H2,1-4H3,(H2,26,31)(H,27,29,30). The first kappa shape index (κ1) is 23.3. The van der Waals surface area contributed by atoms with Crippen LogP contribution in [0.1, 0.15) is 62.2 Å². The summed E-state index contributed by atoms with van der Waals surface area (Å²) < 4.78 is 0. The van der Waals surface area contributed by atoms with E-state index >= 15 is 0 Å². The van der Waals surface area contributed by atoms with Crippen LogP contribution in [0.3, 0.4) is 0 Å². The van der Waals surface area contributed by atoms with Crippen molar-refractivity contribution >= 4 is 28.9 Å². The second-order valence-corrected chi connectivity index (χ2v) is 10.5. The molecule has 3 atom stereocenters.